The summed E-state index contributed by atoms with van der Waals surface area (Å²) in [7, 11) is 1.58. The van der Waals surface area contributed by atoms with E-state index in [1.807, 2.05) is 0 Å². The van der Waals surface area contributed by atoms with Crippen molar-refractivity contribution < 1.29 is 26.7 Å². The van der Waals surface area contributed by atoms with Gasteiger partial charge in [0.2, 0.25) is 11.0 Å². The SMILES string of the molecule is CN1NC(Cl)(c2c(F)cccc2F)N=C1c1ccc(Oc2ccc(C(F)(F)F)cn2)cc1. The van der Waals surface area contributed by atoms with Crippen LogP contribution >= 0.6 is 11.6 Å². The summed E-state index contributed by atoms with van der Waals surface area (Å²) in [6.45, 7) is 0. The Morgan fingerprint density at radius 1 is 1.00 bits per heavy atom. The number of halogens is 6. The molecule has 1 N–H and O–H groups in total. The van der Waals surface area contributed by atoms with Crippen LogP contribution in [0.5, 0.6) is 11.6 Å². The smallest absolute Gasteiger partial charge is 0.417 e. The maximum Gasteiger partial charge on any atom is 0.417 e. The molecular formula is C21H14ClF5N4O. The molecule has 5 nitrogen and oxygen atoms in total. The fourth-order valence-corrected chi connectivity index (χ4v) is 3.49. The van der Waals surface area contributed by atoms with Gasteiger partial charge < -0.3 is 4.74 Å². The first kappa shape index (κ1) is 22.0. The van der Waals surface area contributed by atoms with Gasteiger partial charge in [0.15, 0.2) is 0 Å². The summed E-state index contributed by atoms with van der Waals surface area (Å²) in [5.74, 6) is -1.09. The van der Waals surface area contributed by atoms with Gasteiger partial charge in [0.25, 0.3) is 0 Å². The third kappa shape index (κ3) is 4.23. The molecule has 0 radical (unpaired) electrons. The lowest BCUT2D eigenvalue weighted by Crippen LogP contribution is -2.42. The quantitative estimate of drug-likeness (QED) is 0.316. The molecule has 0 bridgehead atoms. The van der Waals surface area contributed by atoms with Crippen molar-refractivity contribution in [2.45, 2.75) is 11.3 Å². The predicted molar refractivity (Wildman–Crippen MR) is 107 cm³/mol. The number of benzene rings is 2. The molecule has 0 aliphatic carbocycles. The van der Waals surface area contributed by atoms with E-state index in [0.717, 1.165) is 24.3 Å². The van der Waals surface area contributed by atoms with E-state index < -0.39 is 34.1 Å². The van der Waals surface area contributed by atoms with Gasteiger partial charge in [0, 0.05) is 24.9 Å². The van der Waals surface area contributed by atoms with Gasteiger partial charge in [-0.3, -0.25) is 5.01 Å². The second-order valence-electron chi connectivity index (χ2n) is 6.83. The molecule has 2 aromatic carbocycles. The lowest BCUT2D eigenvalue weighted by Gasteiger charge is -2.22. The van der Waals surface area contributed by atoms with Gasteiger partial charge in [-0.1, -0.05) is 17.7 Å². The molecule has 1 unspecified atom stereocenters. The topological polar surface area (TPSA) is 49.8 Å². The van der Waals surface area contributed by atoms with E-state index in [-0.39, 0.29) is 5.88 Å². The number of alkyl halides is 4. The molecule has 1 aliphatic heterocycles. The monoisotopic (exact) mass is 468 g/mol. The number of nitrogens with zero attached hydrogens (tertiary/aromatic N) is 3. The lowest BCUT2D eigenvalue weighted by molar-refractivity contribution is -0.137. The fraction of sp³-hybridized carbons (Fsp3) is 0.143. The van der Waals surface area contributed by atoms with Crippen molar-refractivity contribution in [3.63, 3.8) is 0 Å². The highest BCUT2D eigenvalue weighted by Gasteiger charge is 2.42. The summed E-state index contributed by atoms with van der Waals surface area (Å²) in [6.07, 6.45) is -3.81. The van der Waals surface area contributed by atoms with Crippen molar-refractivity contribution in [3.05, 3.63) is 89.1 Å². The van der Waals surface area contributed by atoms with Crippen LogP contribution in [0.25, 0.3) is 0 Å². The number of hydrazine groups is 1. The van der Waals surface area contributed by atoms with Crippen LogP contribution in [-0.2, 0) is 11.3 Å². The van der Waals surface area contributed by atoms with Crippen molar-refractivity contribution >= 4 is 17.4 Å². The number of aromatic nitrogens is 1. The van der Waals surface area contributed by atoms with Crippen LogP contribution in [0.4, 0.5) is 22.0 Å². The van der Waals surface area contributed by atoms with Crippen LogP contribution in [0.2, 0.25) is 0 Å². The average molecular weight is 469 g/mol. The first-order chi connectivity index (χ1) is 15.1. The summed E-state index contributed by atoms with van der Waals surface area (Å²) in [5, 5.41) is -0.453. The van der Waals surface area contributed by atoms with E-state index in [4.69, 9.17) is 16.3 Å². The Morgan fingerprint density at radius 2 is 1.66 bits per heavy atom. The fourth-order valence-electron chi connectivity index (χ4n) is 3.11. The van der Waals surface area contributed by atoms with Crippen LogP contribution in [0, 0.1) is 11.6 Å². The zero-order valence-electron chi connectivity index (χ0n) is 16.3. The summed E-state index contributed by atoms with van der Waals surface area (Å²) in [5.41, 5.74) is 1.96. The molecular weight excluding hydrogens is 455 g/mol. The highest BCUT2D eigenvalue weighted by atomic mass is 35.5. The number of pyridine rings is 1. The minimum absolute atomic E-state index is 0.0162. The van der Waals surface area contributed by atoms with Crippen LogP contribution in [-0.4, -0.2) is 22.9 Å². The number of ether oxygens (including phenoxy) is 1. The molecule has 1 aliphatic rings. The van der Waals surface area contributed by atoms with Crippen molar-refractivity contribution in [2.24, 2.45) is 4.99 Å². The van der Waals surface area contributed by atoms with Crippen molar-refractivity contribution in [1.82, 2.24) is 15.4 Å². The van der Waals surface area contributed by atoms with Gasteiger partial charge in [-0.25, -0.2) is 18.8 Å². The summed E-state index contributed by atoms with van der Waals surface area (Å²) < 4.78 is 71.8. The first-order valence-electron chi connectivity index (χ1n) is 9.13. The summed E-state index contributed by atoms with van der Waals surface area (Å²) in [4.78, 5) is 7.92. The minimum atomic E-state index is -4.49. The molecule has 32 heavy (non-hydrogen) atoms. The Bertz CT molecular complexity index is 1150. The van der Waals surface area contributed by atoms with Gasteiger partial charge in [-0.2, -0.15) is 18.6 Å². The lowest BCUT2D eigenvalue weighted by atomic mass is 10.1. The minimum Gasteiger partial charge on any atom is -0.439 e. The third-order valence-corrected chi connectivity index (χ3v) is 4.94. The molecule has 0 saturated heterocycles. The van der Waals surface area contributed by atoms with Gasteiger partial charge >= 0.3 is 6.18 Å². The Morgan fingerprint density at radius 3 is 2.22 bits per heavy atom. The Labute approximate surface area is 184 Å². The molecule has 2 heterocycles. The highest BCUT2D eigenvalue weighted by molar-refractivity contribution is 6.25. The van der Waals surface area contributed by atoms with Crippen LogP contribution in [0.15, 0.2) is 65.8 Å². The highest BCUT2D eigenvalue weighted by Crippen LogP contribution is 2.36. The second-order valence-corrected chi connectivity index (χ2v) is 7.38. The van der Waals surface area contributed by atoms with E-state index in [0.29, 0.717) is 23.3 Å². The molecule has 0 spiro atoms. The van der Waals surface area contributed by atoms with Gasteiger partial charge in [0.05, 0.1) is 11.1 Å². The van der Waals surface area contributed by atoms with Crippen molar-refractivity contribution in [2.75, 3.05) is 7.05 Å². The number of rotatable bonds is 4. The number of aliphatic imine (C=N–C) groups is 1. The first-order valence-corrected chi connectivity index (χ1v) is 9.51. The maximum atomic E-state index is 14.2. The molecule has 11 heteroatoms. The Hall–Kier alpha value is -3.24. The van der Waals surface area contributed by atoms with E-state index in [2.05, 4.69) is 15.4 Å². The number of nitrogens with one attached hydrogen (secondary N) is 1. The number of hydrogen-bond donors (Lipinski definition) is 1. The molecule has 1 atom stereocenters. The maximum absolute atomic E-state index is 14.2. The normalized spacial score (nSPS) is 18.6. The van der Waals surface area contributed by atoms with Gasteiger partial charge in [-0.15, -0.1) is 0 Å². The van der Waals surface area contributed by atoms with Crippen LogP contribution < -0.4 is 10.2 Å². The molecule has 3 aromatic rings. The summed E-state index contributed by atoms with van der Waals surface area (Å²) in [6, 6.07) is 11.7. The van der Waals surface area contributed by atoms with Crippen molar-refractivity contribution in [3.8, 4) is 11.6 Å². The zero-order chi connectivity index (χ0) is 23.1. The molecule has 0 fully saturated rings. The largest absolute Gasteiger partial charge is 0.439 e. The number of hydrogen-bond acceptors (Lipinski definition) is 5. The predicted octanol–water partition coefficient (Wildman–Crippen LogP) is 5.42. The zero-order valence-corrected chi connectivity index (χ0v) is 17.0. The average Bonchev–Trinajstić information content (AvgIpc) is 3.03. The van der Waals surface area contributed by atoms with E-state index in [1.54, 1.807) is 31.3 Å². The molecule has 4 rings (SSSR count). The van der Waals surface area contributed by atoms with E-state index in [9.17, 15) is 22.0 Å². The number of amidine groups is 1. The van der Waals surface area contributed by atoms with Crippen LogP contribution in [0.1, 0.15) is 16.7 Å². The van der Waals surface area contributed by atoms with Crippen molar-refractivity contribution in [1.29, 1.82) is 0 Å². The Kier molecular flexibility index (Phi) is 5.51. The second kappa shape index (κ2) is 8.03. The molecule has 0 saturated carbocycles. The van der Waals surface area contributed by atoms with Gasteiger partial charge in [0.1, 0.15) is 23.2 Å². The summed E-state index contributed by atoms with van der Waals surface area (Å²) >= 11 is 6.40. The Balaban J connectivity index is 1.55. The van der Waals surface area contributed by atoms with E-state index >= 15 is 0 Å². The molecule has 0 amide bonds. The standard InChI is InChI=1S/C21H14ClF5N4O/c1-31-19(29-20(22,30-31)18-15(23)3-2-4-16(18)24)12-5-8-14(9-6-12)32-17-10-7-13(11-28-17)21(25,26)27/h2-11,30H,1H3. The molecule has 166 valence electrons. The van der Waals surface area contributed by atoms with Crippen LogP contribution in [0.3, 0.4) is 0 Å². The van der Waals surface area contributed by atoms with Gasteiger partial charge in [-0.05, 0) is 42.5 Å². The van der Waals surface area contributed by atoms with E-state index in [1.165, 1.54) is 11.1 Å². The third-order valence-electron chi connectivity index (χ3n) is 4.59. The molecule has 1 aromatic heterocycles.